The van der Waals surface area contributed by atoms with Crippen molar-refractivity contribution in [1.82, 2.24) is 15.0 Å². The molecule has 0 aliphatic carbocycles. The van der Waals surface area contributed by atoms with E-state index in [4.69, 9.17) is 10.5 Å². The Morgan fingerprint density at radius 3 is 2.78 bits per heavy atom. The third kappa shape index (κ3) is 2.94. The molecule has 0 saturated heterocycles. The van der Waals surface area contributed by atoms with E-state index in [9.17, 15) is 5.11 Å². The van der Waals surface area contributed by atoms with Crippen LogP contribution in [0.4, 0.5) is 5.82 Å². The van der Waals surface area contributed by atoms with Gasteiger partial charge in [-0.2, -0.15) is 0 Å². The lowest BCUT2D eigenvalue weighted by atomic mass is 9.97. The van der Waals surface area contributed by atoms with Gasteiger partial charge in [0.05, 0.1) is 11.0 Å². The number of phenols is 1. The summed E-state index contributed by atoms with van der Waals surface area (Å²) in [6.45, 7) is 7.26. The minimum absolute atomic E-state index is 0.202. The second-order valence-electron chi connectivity index (χ2n) is 6.14. The van der Waals surface area contributed by atoms with E-state index in [1.54, 1.807) is 12.1 Å². The van der Waals surface area contributed by atoms with Gasteiger partial charge >= 0.3 is 0 Å². The van der Waals surface area contributed by atoms with Gasteiger partial charge in [-0.25, -0.2) is 9.97 Å². The Hall–Kier alpha value is -2.34. The smallest absolute Gasteiger partial charge is 0.152 e. The largest absolute Gasteiger partial charge is 0.508 e. The maximum Gasteiger partial charge on any atom is 0.152 e. The number of nitrogens with zero attached hydrogens (tertiary/aromatic N) is 2. The van der Waals surface area contributed by atoms with Gasteiger partial charge in [-0.05, 0) is 30.9 Å². The molecule has 1 aromatic carbocycles. The number of nitrogens with one attached hydrogen (secondary N) is 1. The predicted molar refractivity (Wildman–Crippen MR) is 91.3 cm³/mol. The molecule has 3 aromatic rings. The first kappa shape index (κ1) is 15.6. The molecule has 23 heavy (non-hydrogen) atoms. The van der Waals surface area contributed by atoms with Crippen LogP contribution in [-0.2, 0) is 17.8 Å². The van der Waals surface area contributed by atoms with Gasteiger partial charge in [0.2, 0.25) is 0 Å². The number of phenolic OH excluding ortho intramolecular Hbond substituents is 1. The molecule has 4 N–H and O–H groups in total. The monoisotopic (exact) mass is 314 g/mol. The molecule has 0 spiro atoms. The van der Waals surface area contributed by atoms with E-state index in [1.165, 1.54) is 0 Å². The molecule has 0 bridgehead atoms. The molecule has 2 aromatic heterocycles. The number of aromatic amines is 1. The fourth-order valence-electron chi connectivity index (χ4n) is 2.89. The van der Waals surface area contributed by atoms with Crippen LogP contribution in [0.1, 0.15) is 32.2 Å². The summed E-state index contributed by atoms with van der Waals surface area (Å²) < 4.78 is 5.42. The fourth-order valence-corrected chi connectivity index (χ4v) is 2.89. The number of fused-ring (bicyclic) bond motifs is 3. The summed E-state index contributed by atoms with van der Waals surface area (Å²) in [6.07, 6.45) is 0.839. The fraction of sp³-hybridized carbons (Fsp3) is 0.412. The number of H-pyrrole nitrogens is 1. The minimum Gasteiger partial charge on any atom is -0.508 e. The second kappa shape index (κ2) is 6.04. The van der Waals surface area contributed by atoms with Crippen molar-refractivity contribution in [3.8, 4) is 5.75 Å². The van der Waals surface area contributed by atoms with Crippen LogP contribution >= 0.6 is 0 Å². The number of aromatic hydroxyl groups is 1. The first-order chi connectivity index (χ1) is 11.0. The lowest BCUT2D eigenvalue weighted by Gasteiger charge is -2.11. The van der Waals surface area contributed by atoms with Crippen molar-refractivity contribution >= 4 is 27.8 Å². The number of imidazole rings is 1. The lowest BCUT2D eigenvalue weighted by molar-refractivity contribution is 0.129. The van der Waals surface area contributed by atoms with Gasteiger partial charge in [0.25, 0.3) is 0 Å². The molecule has 2 heterocycles. The van der Waals surface area contributed by atoms with Gasteiger partial charge in [0.15, 0.2) is 5.82 Å². The average molecular weight is 314 g/mol. The summed E-state index contributed by atoms with van der Waals surface area (Å²) >= 11 is 0. The zero-order valence-electron chi connectivity index (χ0n) is 13.7. The topological polar surface area (TPSA) is 97.1 Å². The molecule has 0 radical (unpaired) electrons. The Kier molecular flexibility index (Phi) is 4.09. The highest BCUT2D eigenvalue weighted by Gasteiger charge is 2.16. The molecule has 0 unspecified atom stereocenters. The first-order valence-electron chi connectivity index (χ1n) is 7.87. The van der Waals surface area contributed by atoms with Crippen LogP contribution in [0.15, 0.2) is 12.1 Å². The molecule has 6 heteroatoms. The van der Waals surface area contributed by atoms with Gasteiger partial charge < -0.3 is 20.6 Å². The molecule has 0 aliphatic heterocycles. The number of benzene rings is 1. The normalized spacial score (nSPS) is 11.8. The van der Waals surface area contributed by atoms with Crippen molar-refractivity contribution in [3.63, 3.8) is 0 Å². The summed E-state index contributed by atoms with van der Waals surface area (Å²) in [5.41, 5.74) is 9.28. The summed E-state index contributed by atoms with van der Waals surface area (Å²) in [5, 5.41) is 11.0. The van der Waals surface area contributed by atoms with Crippen LogP contribution in [0.25, 0.3) is 21.9 Å². The highest BCUT2D eigenvalue weighted by molar-refractivity contribution is 6.08. The van der Waals surface area contributed by atoms with Gasteiger partial charge in [-0.3, -0.25) is 0 Å². The van der Waals surface area contributed by atoms with Crippen molar-refractivity contribution in [2.75, 3.05) is 12.3 Å². The predicted octanol–water partition coefficient (Wildman–Crippen LogP) is 3.13. The Bertz CT molecular complexity index is 855. The number of ether oxygens (including phenoxy) is 1. The second-order valence-corrected chi connectivity index (χ2v) is 6.14. The van der Waals surface area contributed by atoms with Crippen LogP contribution in [0, 0.1) is 5.92 Å². The number of rotatable bonds is 5. The highest BCUT2D eigenvalue weighted by Crippen LogP contribution is 2.33. The number of pyridine rings is 1. The maximum atomic E-state index is 9.98. The van der Waals surface area contributed by atoms with Crippen molar-refractivity contribution < 1.29 is 9.84 Å². The molecular formula is C17H22N4O2. The van der Waals surface area contributed by atoms with E-state index in [0.717, 1.165) is 28.7 Å². The standard InChI is InChI=1S/C17H22N4O2/c1-4-23-8-13-20-15-14-10(5-9(2)3)6-11(22)7-12(14)19-17(18)16(15)21-13/h6-7,9,22H,4-5,8H2,1-3H3,(H2,18,19)(H,20,21). The molecule has 0 aliphatic rings. The van der Waals surface area contributed by atoms with Gasteiger partial charge in [0, 0.05) is 18.1 Å². The maximum absolute atomic E-state index is 9.98. The lowest BCUT2D eigenvalue weighted by Crippen LogP contribution is -1.99. The van der Waals surface area contributed by atoms with Crippen LogP contribution < -0.4 is 5.73 Å². The summed E-state index contributed by atoms with van der Waals surface area (Å²) in [5.74, 6) is 1.74. The Morgan fingerprint density at radius 1 is 1.30 bits per heavy atom. The summed E-state index contributed by atoms with van der Waals surface area (Å²) in [7, 11) is 0. The molecule has 0 fully saturated rings. The zero-order valence-corrected chi connectivity index (χ0v) is 13.7. The summed E-state index contributed by atoms with van der Waals surface area (Å²) in [4.78, 5) is 12.2. The Balaban J connectivity index is 2.28. The number of nitrogens with two attached hydrogens (primary N) is 1. The van der Waals surface area contributed by atoms with Crippen LogP contribution in [-0.4, -0.2) is 26.7 Å². The van der Waals surface area contributed by atoms with Crippen LogP contribution in [0.2, 0.25) is 0 Å². The molecule has 0 atom stereocenters. The van der Waals surface area contributed by atoms with E-state index in [2.05, 4.69) is 28.8 Å². The van der Waals surface area contributed by atoms with Gasteiger partial charge in [-0.15, -0.1) is 0 Å². The summed E-state index contributed by atoms with van der Waals surface area (Å²) in [6, 6.07) is 3.43. The number of hydrogen-bond acceptors (Lipinski definition) is 5. The molecule has 0 amide bonds. The van der Waals surface area contributed by atoms with Crippen LogP contribution in [0.5, 0.6) is 5.75 Å². The van der Waals surface area contributed by atoms with E-state index >= 15 is 0 Å². The molecule has 0 saturated carbocycles. The first-order valence-corrected chi connectivity index (χ1v) is 7.87. The average Bonchev–Trinajstić information content (AvgIpc) is 2.88. The SMILES string of the molecule is CCOCc1nc2c(N)nc3cc(O)cc(CC(C)C)c3c2[nH]1. The third-order valence-corrected chi connectivity index (χ3v) is 3.74. The third-order valence-electron chi connectivity index (χ3n) is 3.74. The van der Waals surface area contributed by atoms with E-state index in [0.29, 0.717) is 36.0 Å². The molecule has 3 rings (SSSR count). The number of anilines is 1. The van der Waals surface area contributed by atoms with Crippen LogP contribution in [0.3, 0.4) is 0 Å². The highest BCUT2D eigenvalue weighted by atomic mass is 16.5. The number of hydrogen-bond donors (Lipinski definition) is 3. The zero-order chi connectivity index (χ0) is 16.6. The molecule has 122 valence electrons. The van der Waals surface area contributed by atoms with E-state index < -0.39 is 0 Å². The van der Waals surface area contributed by atoms with Crippen molar-refractivity contribution in [3.05, 3.63) is 23.5 Å². The minimum atomic E-state index is 0.202. The van der Waals surface area contributed by atoms with E-state index in [-0.39, 0.29) is 5.75 Å². The number of nitrogen functional groups attached to an aromatic ring is 1. The quantitative estimate of drug-likeness (QED) is 0.672. The van der Waals surface area contributed by atoms with Crippen molar-refractivity contribution in [2.45, 2.75) is 33.8 Å². The van der Waals surface area contributed by atoms with Gasteiger partial charge in [-0.1, -0.05) is 13.8 Å². The van der Waals surface area contributed by atoms with Crippen molar-refractivity contribution in [2.24, 2.45) is 5.92 Å². The van der Waals surface area contributed by atoms with E-state index in [1.807, 2.05) is 6.92 Å². The van der Waals surface area contributed by atoms with Crippen molar-refractivity contribution in [1.29, 1.82) is 0 Å². The molecular weight excluding hydrogens is 292 g/mol. The van der Waals surface area contributed by atoms with Gasteiger partial charge in [0.1, 0.15) is 23.7 Å². The Morgan fingerprint density at radius 2 is 2.09 bits per heavy atom. The molecule has 6 nitrogen and oxygen atoms in total. The Labute approximate surface area is 134 Å². The number of aromatic nitrogens is 3.